The van der Waals surface area contributed by atoms with Gasteiger partial charge in [-0.3, -0.25) is 4.72 Å². The van der Waals surface area contributed by atoms with E-state index in [0.717, 1.165) is 0 Å². The van der Waals surface area contributed by atoms with Crippen LogP contribution in [0.3, 0.4) is 0 Å². The first kappa shape index (κ1) is 24.7. The lowest BCUT2D eigenvalue weighted by Gasteiger charge is -2.14. The number of nitrogens with one attached hydrogen (secondary N) is 1. The summed E-state index contributed by atoms with van der Waals surface area (Å²) in [5.41, 5.74) is 5.21. The lowest BCUT2D eigenvalue weighted by atomic mass is 10.2. The highest BCUT2D eigenvalue weighted by molar-refractivity contribution is 7.91. The minimum absolute atomic E-state index is 0.0452. The number of aromatic nitrogens is 3. The Labute approximate surface area is 203 Å². The van der Waals surface area contributed by atoms with Crippen LogP contribution in [0.1, 0.15) is 5.56 Å². The first-order chi connectivity index (χ1) is 17.2. The van der Waals surface area contributed by atoms with E-state index in [2.05, 4.69) is 15.0 Å². The van der Waals surface area contributed by atoms with Crippen molar-refractivity contribution < 1.29 is 31.1 Å². The van der Waals surface area contributed by atoms with Gasteiger partial charge in [-0.2, -0.15) is 4.39 Å². The molecule has 0 radical (unpaired) electrons. The van der Waals surface area contributed by atoms with Crippen LogP contribution in [-0.4, -0.2) is 30.5 Å². The van der Waals surface area contributed by atoms with Crippen molar-refractivity contribution >= 4 is 21.7 Å². The molecule has 2 heterocycles. The largest absolute Gasteiger partial charge is 0.497 e. The molecular formula is C23H18F3N5O4S. The van der Waals surface area contributed by atoms with E-state index in [1.807, 2.05) is 0 Å². The van der Waals surface area contributed by atoms with Crippen molar-refractivity contribution in [2.24, 2.45) is 0 Å². The SMILES string of the molecule is COc1cccc(CS(=O)(=O)Nc2c(F)cc(Oc3ncccc3-c3ccnc(N)n3)c(F)c2F)c1. The van der Waals surface area contributed by atoms with Gasteiger partial charge in [-0.1, -0.05) is 12.1 Å². The summed E-state index contributed by atoms with van der Waals surface area (Å²) in [7, 11) is -2.92. The average Bonchev–Trinajstić information content (AvgIpc) is 2.85. The van der Waals surface area contributed by atoms with Crippen LogP contribution in [0.5, 0.6) is 17.4 Å². The molecule has 0 amide bonds. The maximum atomic E-state index is 14.8. The van der Waals surface area contributed by atoms with E-state index in [1.165, 1.54) is 49.8 Å². The number of pyridine rings is 1. The molecule has 2 aromatic heterocycles. The zero-order valence-corrected chi connectivity index (χ0v) is 19.4. The van der Waals surface area contributed by atoms with Crippen LogP contribution in [-0.2, 0) is 15.8 Å². The number of anilines is 2. The van der Waals surface area contributed by atoms with Crippen molar-refractivity contribution in [3.8, 4) is 28.6 Å². The molecule has 0 saturated heterocycles. The summed E-state index contributed by atoms with van der Waals surface area (Å²) in [5, 5.41) is 0. The Balaban J connectivity index is 1.62. The topological polar surface area (TPSA) is 129 Å². The van der Waals surface area contributed by atoms with Gasteiger partial charge in [-0.25, -0.2) is 32.2 Å². The standard InChI is InChI=1S/C23H18F3N5O4S/c1-34-14-5-2-4-13(10-14)12-36(32,33)31-21-16(24)11-18(19(25)20(21)26)35-22-15(6-3-8-28-22)17-7-9-29-23(27)30-17/h2-11,31H,12H2,1H3,(H2,27,29,30). The molecular weight excluding hydrogens is 499 g/mol. The summed E-state index contributed by atoms with van der Waals surface area (Å²) in [6.45, 7) is 0. The molecule has 0 spiro atoms. The Morgan fingerprint density at radius 1 is 1.00 bits per heavy atom. The van der Waals surface area contributed by atoms with Crippen molar-refractivity contribution in [2.75, 3.05) is 17.6 Å². The maximum absolute atomic E-state index is 14.8. The maximum Gasteiger partial charge on any atom is 0.237 e. The third kappa shape index (κ3) is 5.46. The number of hydrogen-bond acceptors (Lipinski definition) is 8. The average molecular weight is 517 g/mol. The second kappa shape index (κ2) is 10.1. The number of nitrogen functional groups attached to an aromatic ring is 1. The van der Waals surface area contributed by atoms with Gasteiger partial charge in [0.1, 0.15) is 11.4 Å². The molecule has 3 N–H and O–H groups in total. The molecule has 4 rings (SSSR count). The molecule has 2 aromatic carbocycles. The molecule has 0 bridgehead atoms. The monoisotopic (exact) mass is 517 g/mol. The quantitative estimate of drug-likeness (QED) is 0.331. The first-order valence-electron chi connectivity index (χ1n) is 10.2. The molecule has 0 atom stereocenters. The fourth-order valence-electron chi connectivity index (χ4n) is 3.21. The fourth-order valence-corrected chi connectivity index (χ4v) is 4.40. The predicted octanol–water partition coefficient (Wildman–Crippen LogP) is 4.28. The summed E-state index contributed by atoms with van der Waals surface area (Å²) in [5.74, 6) is -6.19. The minimum atomic E-state index is -4.32. The molecule has 4 aromatic rings. The van der Waals surface area contributed by atoms with Crippen molar-refractivity contribution in [2.45, 2.75) is 5.75 Å². The van der Waals surface area contributed by atoms with Crippen LogP contribution >= 0.6 is 0 Å². The van der Waals surface area contributed by atoms with E-state index in [0.29, 0.717) is 11.8 Å². The number of halogens is 3. The molecule has 0 aliphatic rings. The number of sulfonamides is 1. The van der Waals surface area contributed by atoms with Gasteiger partial charge in [0.15, 0.2) is 17.4 Å². The van der Waals surface area contributed by atoms with Crippen LogP contribution in [0.25, 0.3) is 11.3 Å². The summed E-state index contributed by atoms with van der Waals surface area (Å²) in [4.78, 5) is 11.8. The van der Waals surface area contributed by atoms with Gasteiger partial charge in [0.25, 0.3) is 0 Å². The highest BCUT2D eigenvalue weighted by Crippen LogP contribution is 2.35. The molecule has 0 aliphatic heterocycles. The summed E-state index contributed by atoms with van der Waals surface area (Å²) < 4.78 is 81.6. The molecule has 0 unspecified atom stereocenters. The number of rotatable bonds is 8. The number of hydrogen-bond donors (Lipinski definition) is 2. The van der Waals surface area contributed by atoms with Gasteiger partial charge in [0.2, 0.25) is 27.7 Å². The highest BCUT2D eigenvalue weighted by Gasteiger charge is 2.25. The second-order valence-electron chi connectivity index (χ2n) is 7.33. The lowest BCUT2D eigenvalue weighted by Crippen LogP contribution is -2.18. The lowest BCUT2D eigenvalue weighted by molar-refractivity contribution is 0.401. The predicted molar refractivity (Wildman–Crippen MR) is 125 cm³/mol. The number of methoxy groups -OCH3 is 1. The zero-order chi connectivity index (χ0) is 25.9. The first-order valence-corrected chi connectivity index (χ1v) is 11.8. The van der Waals surface area contributed by atoms with Gasteiger partial charge in [-0.15, -0.1) is 0 Å². The van der Waals surface area contributed by atoms with Crippen molar-refractivity contribution in [3.63, 3.8) is 0 Å². The van der Waals surface area contributed by atoms with Crippen molar-refractivity contribution in [3.05, 3.63) is 83.9 Å². The van der Waals surface area contributed by atoms with E-state index in [4.69, 9.17) is 15.2 Å². The Hall–Kier alpha value is -4.39. The number of nitrogens with zero attached hydrogens (tertiary/aromatic N) is 3. The Morgan fingerprint density at radius 3 is 2.56 bits per heavy atom. The Kier molecular flexibility index (Phi) is 6.92. The smallest absolute Gasteiger partial charge is 0.237 e. The van der Waals surface area contributed by atoms with E-state index < -0.39 is 44.7 Å². The summed E-state index contributed by atoms with van der Waals surface area (Å²) in [6, 6.07) is 11.1. The van der Waals surface area contributed by atoms with Crippen LogP contribution in [0.2, 0.25) is 0 Å². The molecule has 13 heteroatoms. The van der Waals surface area contributed by atoms with E-state index in [1.54, 1.807) is 16.9 Å². The van der Waals surface area contributed by atoms with Gasteiger partial charge >= 0.3 is 0 Å². The van der Waals surface area contributed by atoms with Crippen molar-refractivity contribution in [1.82, 2.24) is 15.0 Å². The molecule has 0 fully saturated rings. The van der Waals surface area contributed by atoms with E-state index >= 15 is 0 Å². The van der Waals surface area contributed by atoms with Crippen LogP contribution in [0, 0.1) is 17.5 Å². The number of ether oxygens (including phenoxy) is 2. The number of benzene rings is 2. The molecule has 36 heavy (non-hydrogen) atoms. The molecule has 186 valence electrons. The normalized spacial score (nSPS) is 11.2. The Bertz CT molecular complexity index is 1540. The Morgan fingerprint density at radius 2 is 1.81 bits per heavy atom. The van der Waals surface area contributed by atoms with Crippen LogP contribution in [0.15, 0.2) is 60.9 Å². The highest BCUT2D eigenvalue weighted by atomic mass is 32.2. The van der Waals surface area contributed by atoms with Gasteiger partial charge in [0, 0.05) is 18.5 Å². The summed E-state index contributed by atoms with van der Waals surface area (Å²) >= 11 is 0. The van der Waals surface area contributed by atoms with E-state index in [9.17, 15) is 21.6 Å². The van der Waals surface area contributed by atoms with Crippen LogP contribution < -0.4 is 19.9 Å². The minimum Gasteiger partial charge on any atom is -0.497 e. The third-order valence-corrected chi connectivity index (χ3v) is 6.03. The third-order valence-electron chi connectivity index (χ3n) is 4.80. The van der Waals surface area contributed by atoms with Crippen molar-refractivity contribution in [1.29, 1.82) is 0 Å². The van der Waals surface area contributed by atoms with Gasteiger partial charge < -0.3 is 15.2 Å². The molecule has 9 nitrogen and oxygen atoms in total. The van der Waals surface area contributed by atoms with Gasteiger partial charge in [-0.05, 0) is 35.9 Å². The number of nitrogens with two attached hydrogens (primary N) is 1. The van der Waals surface area contributed by atoms with Crippen LogP contribution in [0.4, 0.5) is 24.8 Å². The molecule has 0 saturated carbocycles. The van der Waals surface area contributed by atoms with E-state index in [-0.39, 0.29) is 28.6 Å². The summed E-state index contributed by atoms with van der Waals surface area (Å²) in [6.07, 6.45) is 2.69. The second-order valence-corrected chi connectivity index (χ2v) is 9.05. The molecule has 0 aliphatic carbocycles. The van der Waals surface area contributed by atoms with Gasteiger partial charge in [0.05, 0.1) is 24.1 Å². The zero-order valence-electron chi connectivity index (χ0n) is 18.6. The fraction of sp³-hybridized carbons (Fsp3) is 0.0870.